The smallest absolute Gasteiger partial charge is 0.306 e. The largest absolute Gasteiger partial charge is 0.481 e. The Bertz CT molecular complexity index is 625. The van der Waals surface area contributed by atoms with Crippen molar-refractivity contribution in [3.63, 3.8) is 0 Å². The van der Waals surface area contributed by atoms with Gasteiger partial charge in [-0.05, 0) is 57.1 Å². The number of rotatable bonds is 3. The summed E-state index contributed by atoms with van der Waals surface area (Å²) in [5.41, 5.74) is 3.70. The summed E-state index contributed by atoms with van der Waals surface area (Å²) in [4.78, 5) is 26.1. The Morgan fingerprint density at radius 2 is 1.87 bits per heavy atom. The fourth-order valence-electron chi connectivity index (χ4n) is 4.14. The molecule has 0 radical (unpaired) electrons. The number of aliphatic carboxylic acids is 1. The molecule has 0 aromatic heterocycles. The maximum atomic E-state index is 12.9. The van der Waals surface area contributed by atoms with Gasteiger partial charge in [-0.1, -0.05) is 23.8 Å². The van der Waals surface area contributed by atoms with Gasteiger partial charge in [0, 0.05) is 12.5 Å². The van der Waals surface area contributed by atoms with E-state index in [1.807, 2.05) is 4.90 Å². The number of amides is 1. The van der Waals surface area contributed by atoms with Crippen molar-refractivity contribution >= 4 is 11.9 Å². The van der Waals surface area contributed by atoms with Crippen LogP contribution in [0.2, 0.25) is 0 Å². The lowest BCUT2D eigenvalue weighted by Crippen LogP contribution is -2.35. The Kier molecular flexibility index (Phi) is 4.42. The first-order chi connectivity index (χ1) is 11.0. The number of carbonyl (C=O) groups excluding carboxylic acids is 1. The minimum Gasteiger partial charge on any atom is -0.481 e. The summed E-state index contributed by atoms with van der Waals surface area (Å²) in [7, 11) is 0. The van der Waals surface area contributed by atoms with Gasteiger partial charge in [0.25, 0.3) is 0 Å². The quantitative estimate of drug-likeness (QED) is 0.929. The van der Waals surface area contributed by atoms with Gasteiger partial charge >= 0.3 is 5.97 Å². The molecule has 4 heteroatoms. The van der Waals surface area contributed by atoms with E-state index in [2.05, 4.69) is 32.0 Å². The van der Waals surface area contributed by atoms with Crippen molar-refractivity contribution in [2.75, 3.05) is 6.54 Å². The first-order valence-electron chi connectivity index (χ1n) is 8.58. The molecule has 1 unspecified atom stereocenters. The average molecular weight is 315 g/mol. The molecule has 2 fully saturated rings. The maximum absolute atomic E-state index is 12.9. The number of hydrogen-bond acceptors (Lipinski definition) is 2. The number of carboxylic acids is 1. The Balaban J connectivity index is 1.78. The molecule has 1 saturated carbocycles. The highest BCUT2D eigenvalue weighted by Crippen LogP contribution is 2.39. The third-order valence-electron chi connectivity index (χ3n) is 5.46. The lowest BCUT2D eigenvalue weighted by Gasteiger charge is -2.29. The molecule has 3 rings (SSSR count). The van der Waals surface area contributed by atoms with Crippen molar-refractivity contribution in [2.45, 2.75) is 52.0 Å². The van der Waals surface area contributed by atoms with E-state index in [4.69, 9.17) is 5.11 Å². The number of nitrogens with zero attached hydrogens (tertiary/aromatic N) is 1. The van der Waals surface area contributed by atoms with Crippen molar-refractivity contribution in [1.29, 1.82) is 0 Å². The van der Waals surface area contributed by atoms with Crippen LogP contribution in [0.5, 0.6) is 0 Å². The van der Waals surface area contributed by atoms with Gasteiger partial charge in [-0.2, -0.15) is 0 Å². The second-order valence-electron chi connectivity index (χ2n) is 7.09. The van der Waals surface area contributed by atoms with E-state index < -0.39 is 5.97 Å². The zero-order valence-electron chi connectivity index (χ0n) is 13.9. The van der Waals surface area contributed by atoms with Crippen molar-refractivity contribution in [2.24, 2.45) is 11.8 Å². The highest BCUT2D eigenvalue weighted by atomic mass is 16.4. The van der Waals surface area contributed by atoms with Gasteiger partial charge in [-0.15, -0.1) is 0 Å². The second kappa shape index (κ2) is 6.34. The minimum atomic E-state index is -0.757. The average Bonchev–Trinajstić information content (AvgIpc) is 3.17. The molecule has 1 aromatic carbocycles. The van der Waals surface area contributed by atoms with Crippen LogP contribution in [0.3, 0.4) is 0 Å². The summed E-state index contributed by atoms with van der Waals surface area (Å²) < 4.78 is 0. The molecule has 1 aromatic rings. The summed E-state index contributed by atoms with van der Waals surface area (Å²) >= 11 is 0. The van der Waals surface area contributed by atoms with Crippen LogP contribution in [-0.4, -0.2) is 28.4 Å². The van der Waals surface area contributed by atoms with Crippen LogP contribution in [0.25, 0.3) is 0 Å². The maximum Gasteiger partial charge on any atom is 0.306 e. The molecule has 3 atom stereocenters. The van der Waals surface area contributed by atoms with E-state index in [0.29, 0.717) is 19.3 Å². The SMILES string of the molecule is Cc1ccc(C)c(C2CCCN2C(=O)[C@@H]2CC[C@H](C(=O)O)C2)c1. The number of aryl methyl sites for hydroxylation is 2. The molecule has 124 valence electrons. The topological polar surface area (TPSA) is 57.6 Å². The van der Waals surface area contributed by atoms with Crippen molar-refractivity contribution in [3.05, 3.63) is 34.9 Å². The Morgan fingerprint density at radius 1 is 1.13 bits per heavy atom. The van der Waals surface area contributed by atoms with Gasteiger partial charge in [-0.3, -0.25) is 9.59 Å². The summed E-state index contributed by atoms with van der Waals surface area (Å²) in [6.45, 7) is 4.98. The predicted octanol–water partition coefficient (Wildman–Crippen LogP) is 3.47. The lowest BCUT2D eigenvalue weighted by molar-refractivity contribution is -0.141. The highest BCUT2D eigenvalue weighted by molar-refractivity contribution is 5.81. The van der Waals surface area contributed by atoms with Crippen LogP contribution >= 0.6 is 0 Å². The summed E-state index contributed by atoms with van der Waals surface area (Å²) in [6.07, 6.45) is 3.88. The van der Waals surface area contributed by atoms with Crippen LogP contribution in [0.1, 0.15) is 54.8 Å². The van der Waals surface area contributed by atoms with Gasteiger partial charge in [-0.25, -0.2) is 0 Å². The fourth-order valence-corrected chi connectivity index (χ4v) is 4.14. The molecule has 1 N–H and O–H groups in total. The monoisotopic (exact) mass is 315 g/mol. The molecular weight excluding hydrogens is 290 g/mol. The molecule has 23 heavy (non-hydrogen) atoms. The molecular formula is C19H25NO3. The van der Waals surface area contributed by atoms with Crippen molar-refractivity contribution in [3.8, 4) is 0 Å². The third kappa shape index (κ3) is 3.12. The van der Waals surface area contributed by atoms with Gasteiger partial charge in [0.1, 0.15) is 0 Å². The molecule has 1 amide bonds. The van der Waals surface area contributed by atoms with E-state index in [9.17, 15) is 9.59 Å². The number of hydrogen-bond donors (Lipinski definition) is 1. The zero-order valence-corrected chi connectivity index (χ0v) is 13.9. The lowest BCUT2D eigenvalue weighted by atomic mass is 9.96. The first kappa shape index (κ1) is 16.0. The van der Waals surface area contributed by atoms with Crippen LogP contribution in [0, 0.1) is 25.7 Å². The summed E-state index contributed by atoms with van der Waals surface area (Å²) in [5.74, 6) is -1.04. The van der Waals surface area contributed by atoms with Crippen molar-refractivity contribution < 1.29 is 14.7 Å². The molecule has 1 aliphatic heterocycles. The molecule has 1 aliphatic carbocycles. The van der Waals surface area contributed by atoms with Gasteiger partial charge < -0.3 is 10.0 Å². The third-order valence-corrected chi connectivity index (χ3v) is 5.46. The number of likely N-dealkylation sites (tertiary alicyclic amines) is 1. The Morgan fingerprint density at radius 3 is 2.57 bits per heavy atom. The molecule has 1 heterocycles. The molecule has 4 nitrogen and oxygen atoms in total. The number of carboxylic acid groups (broad SMARTS) is 1. The minimum absolute atomic E-state index is 0.109. The normalized spacial score (nSPS) is 27.4. The summed E-state index contributed by atoms with van der Waals surface area (Å²) in [6, 6.07) is 6.59. The van der Waals surface area contributed by atoms with Crippen LogP contribution in [-0.2, 0) is 9.59 Å². The number of carbonyl (C=O) groups is 2. The van der Waals surface area contributed by atoms with E-state index in [0.717, 1.165) is 19.4 Å². The second-order valence-corrected chi connectivity index (χ2v) is 7.09. The Labute approximate surface area is 137 Å². The van der Waals surface area contributed by atoms with E-state index in [1.54, 1.807) is 0 Å². The Hall–Kier alpha value is -1.84. The fraction of sp³-hybridized carbons (Fsp3) is 0.579. The van der Waals surface area contributed by atoms with Crippen LogP contribution in [0.4, 0.5) is 0 Å². The zero-order chi connectivity index (χ0) is 16.6. The van der Waals surface area contributed by atoms with Crippen molar-refractivity contribution in [1.82, 2.24) is 4.90 Å². The molecule has 1 saturated heterocycles. The summed E-state index contributed by atoms with van der Waals surface area (Å²) in [5, 5.41) is 9.15. The van der Waals surface area contributed by atoms with Crippen LogP contribution in [0.15, 0.2) is 18.2 Å². The van der Waals surface area contributed by atoms with E-state index in [-0.39, 0.29) is 23.8 Å². The predicted molar refractivity (Wildman–Crippen MR) is 88.1 cm³/mol. The first-order valence-corrected chi connectivity index (χ1v) is 8.58. The molecule has 2 aliphatic rings. The molecule has 0 bridgehead atoms. The van der Waals surface area contributed by atoms with Crippen LogP contribution < -0.4 is 0 Å². The van der Waals surface area contributed by atoms with Gasteiger partial charge in [0.05, 0.1) is 12.0 Å². The van der Waals surface area contributed by atoms with E-state index in [1.165, 1.54) is 16.7 Å². The standard InChI is InChI=1S/C19H25NO3/c1-12-5-6-13(2)16(10-12)17-4-3-9-20(17)18(21)14-7-8-15(11-14)19(22)23/h5-6,10,14-15,17H,3-4,7-9,11H2,1-2H3,(H,22,23)/t14-,15+,17?/m1/s1. The van der Waals surface area contributed by atoms with Gasteiger partial charge in [0.15, 0.2) is 0 Å². The molecule has 0 spiro atoms. The van der Waals surface area contributed by atoms with Gasteiger partial charge in [0.2, 0.25) is 5.91 Å². The number of benzene rings is 1. The highest BCUT2D eigenvalue weighted by Gasteiger charge is 2.39. The van der Waals surface area contributed by atoms with E-state index >= 15 is 0 Å².